The molecule has 6 heteroatoms. The largest absolute Gasteiger partial charge is 0.488 e. The maximum absolute atomic E-state index is 13.4. The van der Waals surface area contributed by atoms with Gasteiger partial charge in [-0.1, -0.05) is 37.3 Å². The van der Waals surface area contributed by atoms with Gasteiger partial charge in [0.2, 0.25) is 0 Å². The van der Waals surface area contributed by atoms with E-state index in [-0.39, 0.29) is 30.6 Å². The number of aliphatic hydroxyl groups is 1. The number of likely N-dealkylation sites (N-methyl/N-ethyl adjacent to an activating group) is 1. The van der Waals surface area contributed by atoms with Gasteiger partial charge in [0, 0.05) is 45.3 Å². The van der Waals surface area contributed by atoms with E-state index in [0.29, 0.717) is 17.9 Å². The first kappa shape index (κ1) is 23.1. The van der Waals surface area contributed by atoms with Crippen LogP contribution in [0, 0.1) is 5.92 Å². The molecule has 0 spiro atoms. The van der Waals surface area contributed by atoms with E-state index < -0.39 is 0 Å². The minimum absolute atomic E-state index is 0.0689. The number of rotatable bonds is 7. The Morgan fingerprint density at radius 3 is 2.52 bits per heavy atom. The van der Waals surface area contributed by atoms with Crippen LogP contribution in [0.15, 0.2) is 48.5 Å². The molecule has 0 radical (unpaired) electrons. The maximum Gasteiger partial charge on any atom is 0.258 e. The minimum Gasteiger partial charge on any atom is -0.488 e. The average molecular weight is 426 g/mol. The lowest BCUT2D eigenvalue weighted by Gasteiger charge is -2.38. The van der Waals surface area contributed by atoms with E-state index in [9.17, 15) is 9.90 Å². The Morgan fingerprint density at radius 1 is 1.16 bits per heavy atom. The van der Waals surface area contributed by atoms with Gasteiger partial charge in [0.15, 0.2) is 0 Å². The lowest BCUT2D eigenvalue weighted by atomic mass is 9.99. The first-order chi connectivity index (χ1) is 14.8. The number of benzene rings is 2. The zero-order chi connectivity index (χ0) is 22.5. The Kier molecular flexibility index (Phi) is 7.57. The highest BCUT2D eigenvalue weighted by molar-refractivity contribution is 5.98. The smallest absolute Gasteiger partial charge is 0.258 e. The predicted molar refractivity (Wildman–Crippen MR) is 125 cm³/mol. The Bertz CT molecular complexity index is 872. The fraction of sp³-hybridized carbons (Fsp3) is 0.480. The molecule has 2 aromatic carbocycles. The van der Waals surface area contributed by atoms with E-state index >= 15 is 0 Å². The summed E-state index contributed by atoms with van der Waals surface area (Å²) in [5.74, 6) is 0.622. The van der Waals surface area contributed by atoms with Gasteiger partial charge < -0.3 is 19.6 Å². The van der Waals surface area contributed by atoms with Crippen LogP contribution in [-0.2, 0) is 6.54 Å². The molecule has 168 valence electrons. The molecule has 0 unspecified atom stereocenters. The summed E-state index contributed by atoms with van der Waals surface area (Å²) in [7, 11) is 6.00. The molecule has 6 nitrogen and oxygen atoms in total. The van der Waals surface area contributed by atoms with Crippen LogP contribution in [0.2, 0.25) is 0 Å². The van der Waals surface area contributed by atoms with E-state index in [2.05, 4.69) is 43.1 Å². The zero-order valence-corrected chi connectivity index (χ0v) is 19.3. The van der Waals surface area contributed by atoms with Crippen molar-refractivity contribution >= 4 is 11.6 Å². The number of carbonyl (C=O) groups is 1. The van der Waals surface area contributed by atoms with E-state index in [4.69, 9.17) is 4.74 Å². The first-order valence-corrected chi connectivity index (χ1v) is 10.9. The van der Waals surface area contributed by atoms with Crippen LogP contribution < -0.4 is 9.64 Å². The fourth-order valence-corrected chi connectivity index (χ4v) is 3.97. The average Bonchev–Trinajstić information content (AvgIpc) is 2.75. The van der Waals surface area contributed by atoms with E-state index in [1.165, 1.54) is 5.56 Å². The number of anilines is 1. The van der Waals surface area contributed by atoms with Crippen molar-refractivity contribution in [3.63, 3.8) is 0 Å². The van der Waals surface area contributed by atoms with E-state index in [0.717, 1.165) is 18.8 Å². The number of aliphatic hydroxyl groups excluding tert-OH is 1. The van der Waals surface area contributed by atoms with Gasteiger partial charge in [0.1, 0.15) is 11.9 Å². The van der Waals surface area contributed by atoms with Gasteiger partial charge in [0.25, 0.3) is 5.91 Å². The van der Waals surface area contributed by atoms with Crippen molar-refractivity contribution in [1.29, 1.82) is 0 Å². The number of hydrogen-bond donors (Lipinski definition) is 1. The summed E-state index contributed by atoms with van der Waals surface area (Å²) in [6.45, 7) is 6.04. The standard InChI is InChI=1S/C25H35N3O3/c1-18-14-28(19(2)17-29)25(30)22-13-21(26(3)4)11-12-23(22)31-24(18)16-27(5)15-20-9-7-6-8-10-20/h6-13,18-19,24,29H,14-17H2,1-5H3/t18-,19+,24-/m0/s1. The third-order valence-corrected chi connectivity index (χ3v) is 5.95. The molecule has 2 aromatic rings. The highest BCUT2D eigenvalue weighted by Gasteiger charge is 2.33. The van der Waals surface area contributed by atoms with Gasteiger partial charge in [0.05, 0.1) is 18.2 Å². The molecule has 1 aliphatic rings. The van der Waals surface area contributed by atoms with Crippen LogP contribution in [0.3, 0.4) is 0 Å². The number of amides is 1. The third-order valence-electron chi connectivity index (χ3n) is 5.95. The number of fused-ring (bicyclic) bond motifs is 1. The number of hydrogen-bond acceptors (Lipinski definition) is 5. The van der Waals surface area contributed by atoms with Gasteiger partial charge in [-0.15, -0.1) is 0 Å². The van der Waals surface area contributed by atoms with Gasteiger partial charge in [-0.25, -0.2) is 0 Å². The summed E-state index contributed by atoms with van der Waals surface area (Å²) in [5, 5.41) is 9.78. The van der Waals surface area contributed by atoms with Crippen molar-refractivity contribution in [2.24, 2.45) is 5.92 Å². The van der Waals surface area contributed by atoms with Crippen LogP contribution in [0.25, 0.3) is 0 Å². The second-order valence-electron chi connectivity index (χ2n) is 8.88. The van der Waals surface area contributed by atoms with Gasteiger partial charge in [-0.2, -0.15) is 0 Å². The lowest BCUT2D eigenvalue weighted by molar-refractivity contribution is 0.0341. The monoisotopic (exact) mass is 425 g/mol. The van der Waals surface area contributed by atoms with Crippen molar-refractivity contribution in [3.8, 4) is 5.75 Å². The summed E-state index contributed by atoms with van der Waals surface area (Å²) < 4.78 is 6.45. The van der Waals surface area contributed by atoms with Crippen molar-refractivity contribution in [2.75, 3.05) is 45.7 Å². The van der Waals surface area contributed by atoms with Gasteiger partial charge in [-0.05, 0) is 37.7 Å². The Hall–Kier alpha value is -2.57. The summed E-state index contributed by atoms with van der Waals surface area (Å²) >= 11 is 0. The molecule has 0 saturated heterocycles. The SMILES string of the molecule is C[C@H](CO)N1C[C@H](C)[C@H](CN(C)Cc2ccccc2)Oc2ccc(N(C)C)cc2C1=O. The highest BCUT2D eigenvalue weighted by atomic mass is 16.5. The summed E-state index contributed by atoms with van der Waals surface area (Å²) in [5.41, 5.74) is 2.75. The van der Waals surface area contributed by atoms with Crippen LogP contribution in [0.5, 0.6) is 5.75 Å². The van der Waals surface area contributed by atoms with Crippen molar-refractivity contribution < 1.29 is 14.6 Å². The number of ether oxygens (including phenoxy) is 1. The summed E-state index contributed by atoms with van der Waals surface area (Å²) in [4.78, 5) is 19.4. The van der Waals surface area contributed by atoms with E-state index in [1.54, 1.807) is 4.90 Å². The van der Waals surface area contributed by atoms with Gasteiger partial charge >= 0.3 is 0 Å². The molecule has 3 atom stereocenters. The lowest BCUT2D eigenvalue weighted by Crippen LogP contribution is -2.49. The number of nitrogens with zero attached hydrogens (tertiary/aromatic N) is 3. The zero-order valence-electron chi connectivity index (χ0n) is 19.3. The molecular weight excluding hydrogens is 390 g/mol. The molecule has 3 rings (SSSR count). The quantitative estimate of drug-likeness (QED) is 0.739. The highest BCUT2D eigenvalue weighted by Crippen LogP contribution is 2.31. The molecule has 1 heterocycles. The number of carbonyl (C=O) groups excluding carboxylic acids is 1. The van der Waals surface area contributed by atoms with Crippen molar-refractivity contribution in [3.05, 3.63) is 59.7 Å². The second-order valence-corrected chi connectivity index (χ2v) is 8.88. The molecule has 0 fully saturated rings. The molecule has 1 N–H and O–H groups in total. The molecule has 0 saturated carbocycles. The van der Waals surface area contributed by atoms with Crippen LogP contribution in [0.4, 0.5) is 5.69 Å². The molecule has 0 aliphatic carbocycles. The summed E-state index contributed by atoms with van der Waals surface area (Å²) in [6, 6.07) is 15.9. The second kappa shape index (κ2) is 10.2. The Morgan fingerprint density at radius 2 is 1.87 bits per heavy atom. The van der Waals surface area contributed by atoms with Gasteiger partial charge in [-0.3, -0.25) is 9.69 Å². The molecule has 0 aromatic heterocycles. The third kappa shape index (κ3) is 5.57. The molecular formula is C25H35N3O3. The predicted octanol–water partition coefficient (Wildman–Crippen LogP) is 3.10. The topological polar surface area (TPSA) is 56.2 Å². The maximum atomic E-state index is 13.4. The van der Waals surface area contributed by atoms with Crippen molar-refractivity contribution in [1.82, 2.24) is 9.80 Å². The van der Waals surface area contributed by atoms with Crippen LogP contribution in [-0.4, -0.2) is 73.8 Å². The van der Waals surface area contributed by atoms with Crippen LogP contribution in [0.1, 0.15) is 29.8 Å². The molecule has 0 bridgehead atoms. The van der Waals surface area contributed by atoms with Crippen molar-refractivity contribution in [2.45, 2.75) is 32.5 Å². The van der Waals surface area contributed by atoms with Crippen LogP contribution >= 0.6 is 0 Å². The Labute approximate surface area is 186 Å². The molecule has 1 aliphatic heterocycles. The fourth-order valence-electron chi connectivity index (χ4n) is 3.97. The molecule has 31 heavy (non-hydrogen) atoms. The minimum atomic E-state index is -0.258. The normalized spacial score (nSPS) is 20.0. The van der Waals surface area contributed by atoms with E-state index in [1.807, 2.05) is 50.2 Å². The molecule has 1 amide bonds. The summed E-state index contributed by atoms with van der Waals surface area (Å²) in [6.07, 6.45) is -0.0841. The Balaban J connectivity index is 1.89. The first-order valence-electron chi connectivity index (χ1n) is 10.9.